The Morgan fingerprint density at radius 2 is 2.18 bits per heavy atom. The summed E-state index contributed by atoms with van der Waals surface area (Å²) in [5.41, 5.74) is 6.19. The highest BCUT2D eigenvalue weighted by Gasteiger charge is 2.28. The summed E-state index contributed by atoms with van der Waals surface area (Å²) in [5.74, 6) is -0.628. The standard InChI is InChI=1S/C15H22N2O4S/c1-3-17(10-12-5-4-8-21-12)22(19,20)13-7-6-11(2)14(9-13)15(16)18/h6-7,9,12H,3-5,8,10H2,1-2H3,(H2,16,18)/t12-/m0/s1. The van der Waals surface area contributed by atoms with Crippen LogP contribution in [0, 0.1) is 6.92 Å². The molecule has 0 radical (unpaired) electrons. The van der Waals surface area contributed by atoms with Crippen LogP contribution in [0.15, 0.2) is 23.1 Å². The Bertz CT molecular complexity index is 652. The molecule has 7 heteroatoms. The first-order valence-corrected chi connectivity index (χ1v) is 8.82. The number of nitrogens with two attached hydrogens (primary N) is 1. The third kappa shape index (κ3) is 3.48. The number of hydrogen-bond acceptors (Lipinski definition) is 4. The van der Waals surface area contributed by atoms with E-state index in [0.29, 0.717) is 25.3 Å². The highest BCUT2D eigenvalue weighted by molar-refractivity contribution is 7.89. The van der Waals surface area contributed by atoms with Gasteiger partial charge in [-0.15, -0.1) is 0 Å². The lowest BCUT2D eigenvalue weighted by Crippen LogP contribution is -2.37. The monoisotopic (exact) mass is 326 g/mol. The minimum Gasteiger partial charge on any atom is -0.377 e. The van der Waals surface area contributed by atoms with E-state index in [1.807, 2.05) is 0 Å². The van der Waals surface area contributed by atoms with E-state index in [1.54, 1.807) is 19.9 Å². The molecule has 1 aliphatic heterocycles. The Morgan fingerprint density at radius 3 is 2.73 bits per heavy atom. The van der Waals surface area contributed by atoms with Crippen molar-refractivity contribution in [2.24, 2.45) is 5.73 Å². The van der Waals surface area contributed by atoms with E-state index >= 15 is 0 Å². The molecule has 122 valence electrons. The minimum atomic E-state index is -3.67. The number of benzene rings is 1. The van der Waals surface area contributed by atoms with Crippen LogP contribution in [0.4, 0.5) is 0 Å². The van der Waals surface area contributed by atoms with Crippen LogP contribution in [-0.4, -0.2) is 44.4 Å². The van der Waals surface area contributed by atoms with Gasteiger partial charge in [0.1, 0.15) is 0 Å². The number of likely N-dealkylation sites (N-methyl/N-ethyl adjacent to an activating group) is 1. The number of nitrogens with zero attached hydrogens (tertiary/aromatic N) is 1. The summed E-state index contributed by atoms with van der Waals surface area (Å²) in [4.78, 5) is 11.5. The van der Waals surface area contributed by atoms with Gasteiger partial charge in [-0.2, -0.15) is 4.31 Å². The van der Waals surface area contributed by atoms with Crippen molar-refractivity contribution in [3.8, 4) is 0 Å². The largest absolute Gasteiger partial charge is 0.377 e. The van der Waals surface area contributed by atoms with Crippen molar-refractivity contribution in [2.75, 3.05) is 19.7 Å². The number of primary amides is 1. The molecule has 1 atom stereocenters. The van der Waals surface area contributed by atoms with Gasteiger partial charge in [-0.3, -0.25) is 4.79 Å². The molecule has 22 heavy (non-hydrogen) atoms. The molecule has 1 aromatic rings. The number of carbonyl (C=O) groups is 1. The maximum Gasteiger partial charge on any atom is 0.249 e. The Hall–Kier alpha value is -1.44. The van der Waals surface area contributed by atoms with E-state index in [2.05, 4.69) is 0 Å². The summed E-state index contributed by atoms with van der Waals surface area (Å²) in [6, 6.07) is 4.47. The van der Waals surface area contributed by atoms with Crippen LogP contribution in [0.2, 0.25) is 0 Å². The van der Waals surface area contributed by atoms with Gasteiger partial charge in [-0.05, 0) is 37.5 Å². The lowest BCUT2D eigenvalue weighted by Gasteiger charge is -2.23. The highest BCUT2D eigenvalue weighted by atomic mass is 32.2. The fraction of sp³-hybridized carbons (Fsp3) is 0.533. The van der Waals surface area contributed by atoms with Crippen LogP contribution in [0.25, 0.3) is 0 Å². The van der Waals surface area contributed by atoms with Crippen molar-refractivity contribution in [1.29, 1.82) is 0 Å². The summed E-state index contributed by atoms with van der Waals surface area (Å²) in [6.45, 7) is 4.87. The Balaban J connectivity index is 2.31. The van der Waals surface area contributed by atoms with Crippen molar-refractivity contribution in [2.45, 2.75) is 37.7 Å². The number of sulfonamides is 1. The van der Waals surface area contributed by atoms with E-state index in [-0.39, 0.29) is 16.6 Å². The summed E-state index contributed by atoms with van der Waals surface area (Å²) in [6.07, 6.45) is 1.77. The number of carbonyl (C=O) groups excluding carboxylic acids is 1. The van der Waals surface area contributed by atoms with Crippen molar-refractivity contribution >= 4 is 15.9 Å². The molecule has 1 aromatic carbocycles. The van der Waals surface area contributed by atoms with Crippen LogP contribution in [0.3, 0.4) is 0 Å². The summed E-state index contributed by atoms with van der Waals surface area (Å²) >= 11 is 0. The first kappa shape index (κ1) is 16.9. The smallest absolute Gasteiger partial charge is 0.249 e. The maximum atomic E-state index is 12.8. The Labute approximate surface area is 131 Å². The molecule has 1 fully saturated rings. The molecular formula is C15H22N2O4S. The molecule has 1 amide bonds. The molecule has 2 rings (SSSR count). The normalized spacial score (nSPS) is 18.8. The van der Waals surface area contributed by atoms with Gasteiger partial charge < -0.3 is 10.5 Å². The van der Waals surface area contributed by atoms with Gasteiger partial charge in [0.25, 0.3) is 0 Å². The molecule has 0 aromatic heterocycles. The lowest BCUT2D eigenvalue weighted by molar-refractivity contribution is 0.0946. The van der Waals surface area contributed by atoms with E-state index in [9.17, 15) is 13.2 Å². The number of amides is 1. The third-order valence-corrected chi connectivity index (χ3v) is 5.83. The van der Waals surface area contributed by atoms with Crippen LogP contribution >= 0.6 is 0 Å². The Morgan fingerprint density at radius 1 is 1.45 bits per heavy atom. The van der Waals surface area contributed by atoms with Crippen LogP contribution in [0.5, 0.6) is 0 Å². The van der Waals surface area contributed by atoms with Crippen molar-refractivity contribution in [3.05, 3.63) is 29.3 Å². The molecule has 6 nitrogen and oxygen atoms in total. The van der Waals surface area contributed by atoms with Crippen molar-refractivity contribution in [3.63, 3.8) is 0 Å². The molecule has 0 aliphatic carbocycles. The predicted molar refractivity (Wildman–Crippen MR) is 83.1 cm³/mol. The van der Waals surface area contributed by atoms with Crippen molar-refractivity contribution < 1.29 is 17.9 Å². The molecule has 2 N–H and O–H groups in total. The fourth-order valence-electron chi connectivity index (χ4n) is 2.59. The fourth-order valence-corrected chi connectivity index (χ4v) is 4.10. The zero-order valence-corrected chi connectivity index (χ0v) is 13.7. The summed E-state index contributed by atoms with van der Waals surface area (Å²) in [5, 5.41) is 0. The second kappa shape index (κ2) is 6.76. The molecule has 0 bridgehead atoms. The molecule has 1 saturated heterocycles. The molecule has 1 aliphatic rings. The van der Waals surface area contributed by atoms with Crippen LogP contribution in [0.1, 0.15) is 35.7 Å². The molecule has 0 saturated carbocycles. The zero-order chi connectivity index (χ0) is 16.3. The molecular weight excluding hydrogens is 304 g/mol. The minimum absolute atomic E-state index is 0.0595. The van der Waals surface area contributed by atoms with Crippen LogP contribution in [-0.2, 0) is 14.8 Å². The van der Waals surface area contributed by atoms with Gasteiger partial charge in [0.05, 0.1) is 11.0 Å². The Kier molecular flexibility index (Phi) is 5.20. The SMILES string of the molecule is CCN(C[C@@H]1CCCO1)S(=O)(=O)c1ccc(C)c(C(N)=O)c1. The first-order valence-electron chi connectivity index (χ1n) is 7.38. The average Bonchev–Trinajstić information content (AvgIpc) is 2.97. The predicted octanol–water partition coefficient (Wildman–Crippen LogP) is 1.28. The summed E-state index contributed by atoms with van der Waals surface area (Å²) < 4.78 is 32.4. The second-order valence-electron chi connectivity index (χ2n) is 5.43. The number of hydrogen-bond donors (Lipinski definition) is 1. The van der Waals surface area contributed by atoms with Gasteiger partial charge in [0, 0.05) is 25.3 Å². The van der Waals surface area contributed by atoms with E-state index < -0.39 is 15.9 Å². The number of rotatable bonds is 6. The average molecular weight is 326 g/mol. The van der Waals surface area contributed by atoms with E-state index in [0.717, 1.165) is 12.8 Å². The molecule has 0 spiro atoms. The van der Waals surface area contributed by atoms with Gasteiger partial charge in [-0.25, -0.2) is 8.42 Å². The number of aryl methyl sites for hydroxylation is 1. The van der Waals surface area contributed by atoms with Gasteiger partial charge in [0.2, 0.25) is 15.9 Å². The molecule has 0 unspecified atom stereocenters. The molecule has 1 heterocycles. The number of ether oxygens (including phenoxy) is 1. The maximum absolute atomic E-state index is 12.8. The third-order valence-electron chi connectivity index (χ3n) is 3.90. The van der Waals surface area contributed by atoms with Gasteiger partial charge in [-0.1, -0.05) is 13.0 Å². The first-order chi connectivity index (χ1) is 10.4. The second-order valence-corrected chi connectivity index (χ2v) is 7.37. The highest BCUT2D eigenvalue weighted by Crippen LogP contribution is 2.22. The quantitative estimate of drug-likeness (QED) is 0.853. The van der Waals surface area contributed by atoms with Gasteiger partial charge >= 0.3 is 0 Å². The van der Waals surface area contributed by atoms with Gasteiger partial charge in [0.15, 0.2) is 0 Å². The van der Waals surface area contributed by atoms with E-state index in [1.165, 1.54) is 16.4 Å². The van der Waals surface area contributed by atoms with Crippen molar-refractivity contribution in [1.82, 2.24) is 4.31 Å². The summed E-state index contributed by atoms with van der Waals surface area (Å²) in [7, 11) is -3.67. The topological polar surface area (TPSA) is 89.7 Å². The lowest BCUT2D eigenvalue weighted by atomic mass is 10.1. The van der Waals surface area contributed by atoms with E-state index in [4.69, 9.17) is 10.5 Å². The zero-order valence-electron chi connectivity index (χ0n) is 12.9. The van der Waals surface area contributed by atoms with Crippen LogP contribution < -0.4 is 5.73 Å².